The van der Waals surface area contributed by atoms with Crippen molar-refractivity contribution in [2.75, 3.05) is 0 Å². The van der Waals surface area contributed by atoms with E-state index in [2.05, 4.69) is 15.9 Å². The Bertz CT molecular complexity index is 279. The summed E-state index contributed by atoms with van der Waals surface area (Å²) in [5.74, 6) is 0. The van der Waals surface area contributed by atoms with Crippen molar-refractivity contribution in [3.8, 4) is 0 Å². The van der Waals surface area contributed by atoms with Crippen LogP contribution in [0.1, 0.15) is 5.56 Å². The van der Waals surface area contributed by atoms with Crippen molar-refractivity contribution in [1.82, 2.24) is 0 Å². The van der Waals surface area contributed by atoms with E-state index in [4.69, 9.17) is 0 Å². The standard InChI is InChI=1S/C6H3BrF3NO/c7-5-1-4(6(8,9)10)2-11(12)3-5/h1-3H. The average Bonchev–Trinajstić information content (AvgIpc) is 1.82. The van der Waals surface area contributed by atoms with Gasteiger partial charge in [-0.05, 0) is 22.0 Å². The summed E-state index contributed by atoms with van der Waals surface area (Å²) in [6.45, 7) is 0. The molecule has 0 aromatic carbocycles. The Morgan fingerprint density at radius 2 is 1.92 bits per heavy atom. The van der Waals surface area contributed by atoms with Crippen LogP contribution < -0.4 is 4.73 Å². The number of nitrogens with zero attached hydrogens (tertiary/aromatic N) is 1. The van der Waals surface area contributed by atoms with Gasteiger partial charge in [0.25, 0.3) is 0 Å². The summed E-state index contributed by atoms with van der Waals surface area (Å²) in [5.41, 5.74) is -0.966. The van der Waals surface area contributed by atoms with Gasteiger partial charge in [-0.3, -0.25) is 0 Å². The molecule has 2 nitrogen and oxygen atoms in total. The van der Waals surface area contributed by atoms with Gasteiger partial charge in [-0.1, -0.05) is 0 Å². The summed E-state index contributed by atoms with van der Waals surface area (Å²) in [5, 5.41) is 10.5. The first kappa shape index (κ1) is 9.31. The lowest BCUT2D eigenvalue weighted by molar-refractivity contribution is -0.607. The van der Waals surface area contributed by atoms with Crippen LogP contribution in [0.15, 0.2) is 22.9 Å². The summed E-state index contributed by atoms with van der Waals surface area (Å²) >= 11 is 2.78. The van der Waals surface area contributed by atoms with Crippen molar-refractivity contribution < 1.29 is 17.9 Å². The lowest BCUT2D eigenvalue weighted by Crippen LogP contribution is -2.27. The molecule has 1 aromatic heterocycles. The van der Waals surface area contributed by atoms with Crippen LogP contribution in [0.25, 0.3) is 0 Å². The third kappa shape index (κ3) is 2.10. The molecule has 0 bridgehead atoms. The summed E-state index contributed by atoms with van der Waals surface area (Å²) in [7, 11) is 0. The van der Waals surface area contributed by atoms with Crippen LogP contribution in [-0.4, -0.2) is 0 Å². The van der Waals surface area contributed by atoms with Crippen LogP contribution in [0.2, 0.25) is 0 Å². The Kier molecular flexibility index (Phi) is 2.27. The number of halogens is 4. The van der Waals surface area contributed by atoms with Gasteiger partial charge in [-0.2, -0.15) is 17.9 Å². The van der Waals surface area contributed by atoms with E-state index in [1.54, 1.807) is 0 Å². The normalized spacial score (nSPS) is 11.7. The number of pyridine rings is 1. The molecule has 0 radical (unpaired) electrons. The Hall–Kier alpha value is -0.780. The summed E-state index contributed by atoms with van der Waals surface area (Å²) in [4.78, 5) is 0. The van der Waals surface area contributed by atoms with Gasteiger partial charge in [-0.25, -0.2) is 0 Å². The minimum Gasteiger partial charge on any atom is -0.619 e. The highest BCUT2D eigenvalue weighted by molar-refractivity contribution is 9.10. The topological polar surface area (TPSA) is 26.9 Å². The van der Waals surface area contributed by atoms with E-state index in [9.17, 15) is 18.4 Å². The maximum absolute atomic E-state index is 12.0. The molecule has 0 saturated carbocycles. The number of hydrogen-bond donors (Lipinski definition) is 0. The van der Waals surface area contributed by atoms with Crippen molar-refractivity contribution in [3.63, 3.8) is 0 Å². The van der Waals surface area contributed by atoms with Gasteiger partial charge in [0, 0.05) is 0 Å². The quantitative estimate of drug-likeness (QED) is 0.505. The zero-order valence-electron chi connectivity index (χ0n) is 5.60. The van der Waals surface area contributed by atoms with Crippen LogP contribution in [0.3, 0.4) is 0 Å². The highest BCUT2D eigenvalue weighted by atomic mass is 79.9. The maximum atomic E-state index is 12.0. The molecule has 1 heterocycles. The molecule has 0 aliphatic heterocycles. The van der Waals surface area contributed by atoms with Crippen LogP contribution >= 0.6 is 15.9 Å². The zero-order chi connectivity index (χ0) is 9.35. The molecular weight excluding hydrogens is 239 g/mol. The molecule has 0 saturated heterocycles. The molecule has 0 spiro atoms. The van der Waals surface area contributed by atoms with Gasteiger partial charge in [0.1, 0.15) is 5.56 Å². The first-order chi connectivity index (χ1) is 5.39. The molecule has 1 rings (SSSR count). The second-order valence-electron chi connectivity index (χ2n) is 2.10. The van der Waals surface area contributed by atoms with E-state index in [-0.39, 0.29) is 9.20 Å². The van der Waals surface area contributed by atoms with E-state index in [1.165, 1.54) is 0 Å². The molecule has 0 N–H and O–H groups in total. The Morgan fingerprint density at radius 3 is 2.33 bits per heavy atom. The molecular formula is C6H3BrF3NO. The number of aromatic nitrogens is 1. The highest BCUT2D eigenvalue weighted by Gasteiger charge is 2.33. The Labute approximate surface area is 74.3 Å². The van der Waals surface area contributed by atoms with Crippen molar-refractivity contribution in [1.29, 1.82) is 0 Å². The Morgan fingerprint density at radius 1 is 1.33 bits per heavy atom. The number of hydrogen-bond acceptors (Lipinski definition) is 1. The predicted octanol–water partition coefficient (Wildman–Crippen LogP) is 2.10. The fraction of sp³-hybridized carbons (Fsp3) is 0.167. The zero-order valence-corrected chi connectivity index (χ0v) is 7.19. The molecule has 0 fully saturated rings. The molecule has 66 valence electrons. The number of alkyl halides is 3. The molecule has 0 atom stereocenters. The highest BCUT2D eigenvalue weighted by Crippen LogP contribution is 2.29. The SMILES string of the molecule is [O-][n+]1cc(Br)cc(C(F)(F)F)c1. The third-order valence-corrected chi connectivity index (χ3v) is 1.57. The third-order valence-electron chi connectivity index (χ3n) is 1.14. The van der Waals surface area contributed by atoms with E-state index in [0.29, 0.717) is 6.20 Å². The minimum absolute atomic E-state index is 0.104. The summed E-state index contributed by atoms with van der Waals surface area (Å²) < 4.78 is 36.1. The smallest absolute Gasteiger partial charge is 0.422 e. The second kappa shape index (κ2) is 2.93. The van der Waals surface area contributed by atoms with E-state index in [1.807, 2.05) is 0 Å². The van der Waals surface area contributed by atoms with Gasteiger partial charge in [0.05, 0.1) is 4.47 Å². The summed E-state index contributed by atoms with van der Waals surface area (Å²) in [6, 6.07) is 0.842. The monoisotopic (exact) mass is 241 g/mol. The van der Waals surface area contributed by atoms with Crippen LogP contribution in [0.5, 0.6) is 0 Å². The molecule has 0 aliphatic rings. The molecule has 0 unspecified atom stereocenters. The second-order valence-corrected chi connectivity index (χ2v) is 3.02. The first-order valence-electron chi connectivity index (χ1n) is 2.86. The van der Waals surface area contributed by atoms with Gasteiger partial charge in [0.15, 0.2) is 12.4 Å². The minimum atomic E-state index is -4.48. The molecule has 0 amide bonds. The van der Waals surface area contributed by atoms with Crippen molar-refractivity contribution in [2.45, 2.75) is 6.18 Å². The van der Waals surface area contributed by atoms with Gasteiger partial charge in [-0.15, -0.1) is 0 Å². The largest absolute Gasteiger partial charge is 0.619 e. The molecule has 1 aromatic rings. The average molecular weight is 242 g/mol. The maximum Gasteiger partial charge on any atom is 0.422 e. The van der Waals surface area contributed by atoms with Crippen molar-refractivity contribution >= 4 is 15.9 Å². The fourth-order valence-corrected chi connectivity index (χ4v) is 1.12. The van der Waals surface area contributed by atoms with E-state index < -0.39 is 11.7 Å². The van der Waals surface area contributed by atoms with Gasteiger partial charge < -0.3 is 5.21 Å². The van der Waals surface area contributed by atoms with E-state index >= 15 is 0 Å². The lowest BCUT2D eigenvalue weighted by atomic mass is 10.3. The van der Waals surface area contributed by atoms with Gasteiger partial charge in [0.2, 0.25) is 0 Å². The first-order valence-corrected chi connectivity index (χ1v) is 3.65. The molecule has 6 heteroatoms. The number of rotatable bonds is 0. The van der Waals surface area contributed by atoms with Crippen LogP contribution in [-0.2, 0) is 6.18 Å². The van der Waals surface area contributed by atoms with Crippen LogP contribution in [0.4, 0.5) is 13.2 Å². The fourth-order valence-electron chi connectivity index (χ4n) is 0.674. The van der Waals surface area contributed by atoms with Crippen molar-refractivity contribution in [3.05, 3.63) is 33.7 Å². The van der Waals surface area contributed by atoms with Crippen LogP contribution in [0, 0.1) is 5.21 Å². The van der Waals surface area contributed by atoms with E-state index in [0.717, 1.165) is 12.3 Å². The molecule has 12 heavy (non-hydrogen) atoms. The van der Waals surface area contributed by atoms with Crippen molar-refractivity contribution in [2.24, 2.45) is 0 Å². The Balaban J connectivity index is 3.18. The predicted molar refractivity (Wildman–Crippen MR) is 38.1 cm³/mol. The lowest BCUT2D eigenvalue weighted by Gasteiger charge is -2.05. The summed E-state index contributed by atoms with van der Waals surface area (Å²) in [6.07, 6.45) is -3.00. The van der Waals surface area contributed by atoms with Gasteiger partial charge >= 0.3 is 6.18 Å². The molecule has 0 aliphatic carbocycles.